The third kappa shape index (κ3) is 4.07. The number of likely N-dealkylation sites (tertiary alicyclic amines) is 1. The monoisotopic (exact) mass is 257 g/mol. The van der Waals surface area contributed by atoms with Crippen LogP contribution in [0.25, 0.3) is 0 Å². The Hall–Kier alpha value is -0.970. The Morgan fingerprint density at radius 2 is 2.35 bits per heavy atom. The van der Waals surface area contributed by atoms with E-state index in [0.717, 1.165) is 25.0 Å². The molecule has 96 valence electrons. The molecule has 0 aromatic carbocycles. The van der Waals surface area contributed by atoms with Gasteiger partial charge in [-0.3, -0.25) is 9.69 Å². The maximum absolute atomic E-state index is 11.9. The first kappa shape index (κ1) is 14.1. The van der Waals surface area contributed by atoms with Crippen molar-refractivity contribution in [3.63, 3.8) is 0 Å². The fourth-order valence-corrected chi connectivity index (χ4v) is 2.59. The van der Waals surface area contributed by atoms with Crippen molar-refractivity contribution in [1.29, 1.82) is 0 Å². The Balaban J connectivity index is 2.50. The predicted molar refractivity (Wildman–Crippen MR) is 69.0 cm³/mol. The zero-order valence-electron chi connectivity index (χ0n) is 10.2. The first-order valence-corrected chi connectivity index (χ1v) is 6.90. The lowest BCUT2D eigenvalue weighted by Crippen LogP contribution is -2.40. The molecule has 17 heavy (non-hydrogen) atoms. The largest absolute Gasteiger partial charge is 0.445 e. The molecule has 0 aliphatic carbocycles. The van der Waals surface area contributed by atoms with E-state index in [1.54, 1.807) is 0 Å². The van der Waals surface area contributed by atoms with E-state index >= 15 is 0 Å². The Labute approximate surface area is 106 Å². The minimum atomic E-state index is -0.405. The number of carbonyl (C=O) groups excluding carboxylic acids is 2. The van der Waals surface area contributed by atoms with Crippen LogP contribution in [0.2, 0.25) is 0 Å². The highest BCUT2D eigenvalue weighted by Gasteiger charge is 2.34. The zero-order valence-corrected chi connectivity index (χ0v) is 11.0. The summed E-state index contributed by atoms with van der Waals surface area (Å²) in [5, 5.41) is 0.0832. The summed E-state index contributed by atoms with van der Waals surface area (Å²) in [7, 11) is 0. The highest BCUT2D eigenvalue weighted by Crippen LogP contribution is 2.23. The molecule has 5 heteroatoms. The summed E-state index contributed by atoms with van der Waals surface area (Å²) in [6, 6.07) is -0.302. The molecule has 1 heterocycles. The van der Waals surface area contributed by atoms with E-state index in [9.17, 15) is 9.59 Å². The van der Waals surface area contributed by atoms with E-state index < -0.39 is 6.09 Å². The van der Waals surface area contributed by atoms with Gasteiger partial charge in [0.15, 0.2) is 0 Å². The van der Waals surface area contributed by atoms with Gasteiger partial charge in [-0.15, -0.1) is 0 Å². The molecule has 0 radical (unpaired) electrons. The minimum Gasteiger partial charge on any atom is -0.445 e. The molecule has 1 fully saturated rings. The summed E-state index contributed by atoms with van der Waals surface area (Å²) in [5.74, 6) is 0.810. The summed E-state index contributed by atoms with van der Waals surface area (Å²) >= 11 is 1.31. The zero-order chi connectivity index (χ0) is 12.7. The van der Waals surface area contributed by atoms with Gasteiger partial charge in [0.25, 0.3) is 0 Å². The number of amides is 1. The van der Waals surface area contributed by atoms with Gasteiger partial charge in [0.05, 0.1) is 0 Å². The highest BCUT2D eigenvalue weighted by atomic mass is 32.2. The molecule has 1 saturated heterocycles. The Kier molecular flexibility index (Phi) is 6.11. The fourth-order valence-electron chi connectivity index (χ4n) is 1.74. The summed E-state index contributed by atoms with van der Waals surface area (Å²) < 4.78 is 4.97. The lowest BCUT2D eigenvalue weighted by molar-refractivity contribution is -0.114. The predicted octanol–water partition coefficient (Wildman–Crippen LogP) is 2.44. The van der Waals surface area contributed by atoms with Crippen LogP contribution >= 0.6 is 11.8 Å². The van der Waals surface area contributed by atoms with Gasteiger partial charge in [0.2, 0.25) is 5.12 Å². The van der Waals surface area contributed by atoms with Crippen LogP contribution in [-0.2, 0) is 9.53 Å². The molecular weight excluding hydrogens is 238 g/mol. The van der Waals surface area contributed by atoms with Crippen molar-refractivity contribution in [2.75, 3.05) is 18.9 Å². The van der Waals surface area contributed by atoms with Crippen molar-refractivity contribution < 1.29 is 14.3 Å². The maximum Gasteiger partial charge on any atom is 0.410 e. The average Bonchev–Trinajstić information content (AvgIpc) is 2.82. The van der Waals surface area contributed by atoms with E-state index in [1.165, 1.54) is 22.7 Å². The third-order valence-corrected chi connectivity index (χ3v) is 3.70. The van der Waals surface area contributed by atoms with Gasteiger partial charge < -0.3 is 4.74 Å². The molecule has 0 bridgehead atoms. The van der Waals surface area contributed by atoms with Crippen LogP contribution in [0, 0.1) is 0 Å². The molecule has 1 rings (SSSR count). The number of ether oxygens (including phenoxy) is 1. The first-order valence-electron chi connectivity index (χ1n) is 5.91. The molecule has 1 unspecified atom stereocenters. The SMILES string of the molecule is C=CCOC(=O)N1CCCC1C(=O)SCCC. The van der Waals surface area contributed by atoms with Crippen molar-refractivity contribution in [1.82, 2.24) is 4.90 Å². The molecule has 1 aliphatic heterocycles. The number of carbonyl (C=O) groups is 2. The van der Waals surface area contributed by atoms with Gasteiger partial charge in [-0.05, 0) is 19.3 Å². The smallest absolute Gasteiger partial charge is 0.410 e. The number of hydrogen-bond donors (Lipinski definition) is 0. The molecule has 4 nitrogen and oxygen atoms in total. The topological polar surface area (TPSA) is 46.6 Å². The molecule has 1 atom stereocenters. The molecular formula is C12H19NO3S. The van der Waals surface area contributed by atoms with Crippen LogP contribution in [0.1, 0.15) is 26.2 Å². The van der Waals surface area contributed by atoms with E-state index in [-0.39, 0.29) is 17.8 Å². The van der Waals surface area contributed by atoms with Gasteiger partial charge in [-0.1, -0.05) is 31.3 Å². The summed E-state index contributed by atoms with van der Waals surface area (Å²) in [5.41, 5.74) is 0. The van der Waals surface area contributed by atoms with Gasteiger partial charge in [-0.2, -0.15) is 0 Å². The second kappa shape index (κ2) is 7.37. The van der Waals surface area contributed by atoms with E-state index in [1.807, 2.05) is 6.92 Å². The van der Waals surface area contributed by atoms with Crippen molar-refractivity contribution in [2.24, 2.45) is 0 Å². The van der Waals surface area contributed by atoms with Gasteiger partial charge in [-0.25, -0.2) is 4.79 Å². The fraction of sp³-hybridized carbons (Fsp3) is 0.667. The molecule has 0 saturated carbocycles. The molecule has 1 aliphatic rings. The summed E-state index contributed by atoms with van der Waals surface area (Å²) in [6.07, 6.45) is 3.70. The summed E-state index contributed by atoms with van der Waals surface area (Å²) in [4.78, 5) is 25.1. The summed E-state index contributed by atoms with van der Waals surface area (Å²) in [6.45, 7) is 6.32. The number of nitrogens with zero attached hydrogens (tertiary/aromatic N) is 1. The van der Waals surface area contributed by atoms with E-state index in [4.69, 9.17) is 4.74 Å². The van der Waals surface area contributed by atoms with Gasteiger partial charge >= 0.3 is 6.09 Å². The molecule has 0 aromatic rings. The van der Waals surface area contributed by atoms with Crippen LogP contribution in [0.4, 0.5) is 4.79 Å². The van der Waals surface area contributed by atoms with E-state index in [0.29, 0.717) is 6.54 Å². The Morgan fingerprint density at radius 3 is 3.00 bits per heavy atom. The van der Waals surface area contributed by atoms with Crippen LogP contribution in [0.15, 0.2) is 12.7 Å². The number of thioether (sulfide) groups is 1. The van der Waals surface area contributed by atoms with Crippen LogP contribution < -0.4 is 0 Å². The second-order valence-corrected chi connectivity index (χ2v) is 4.98. The normalized spacial score (nSPS) is 19.1. The van der Waals surface area contributed by atoms with Crippen molar-refractivity contribution in [3.8, 4) is 0 Å². The van der Waals surface area contributed by atoms with Crippen LogP contribution in [0.5, 0.6) is 0 Å². The molecule has 0 N–H and O–H groups in total. The minimum absolute atomic E-state index is 0.0832. The van der Waals surface area contributed by atoms with Gasteiger partial charge in [0, 0.05) is 12.3 Å². The first-order chi connectivity index (χ1) is 8.20. The average molecular weight is 257 g/mol. The molecule has 0 spiro atoms. The lowest BCUT2D eigenvalue weighted by atomic mass is 10.2. The second-order valence-electron chi connectivity index (χ2n) is 3.88. The number of rotatable bonds is 5. The Morgan fingerprint density at radius 1 is 1.59 bits per heavy atom. The van der Waals surface area contributed by atoms with Crippen LogP contribution in [-0.4, -0.2) is 41.1 Å². The highest BCUT2D eigenvalue weighted by molar-refractivity contribution is 8.13. The third-order valence-electron chi connectivity index (χ3n) is 2.53. The number of hydrogen-bond acceptors (Lipinski definition) is 4. The van der Waals surface area contributed by atoms with Crippen molar-refractivity contribution in [3.05, 3.63) is 12.7 Å². The van der Waals surface area contributed by atoms with Crippen molar-refractivity contribution in [2.45, 2.75) is 32.2 Å². The lowest BCUT2D eigenvalue weighted by Gasteiger charge is -2.22. The van der Waals surface area contributed by atoms with Gasteiger partial charge in [0.1, 0.15) is 12.6 Å². The molecule has 1 amide bonds. The Bertz CT molecular complexity index is 293. The molecule has 0 aromatic heterocycles. The maximum atomic E-state index is 11.9. The van der Waals surface area contributed by atoms with Crippen molar-refractivity contribution >= 4 is 23.0 Å². The van der Waals surface area contributed by atoms with E-state index in [2.05, 4.69) is 6.58 Å². The van der Waals surface area contributed by atoms with Crippen LogP contribution in [0.3, 0.4) is 0 Å². The standard InChI is InChI=1S/C12H19NO3S/c1-3-8-16-12(15)13-7-5-6-10(13)11(14)17-9-4-2/h3,10H,1,4-9H2,2H3. The quantitative estimate of drug-likeness (QED) is 0.710.